The Morgan fingerprint density at radius 1 is 1.28 bits per heavy atom. The summed E-state index contributed by atoms with van der Waals surface area (Å²) in [5.74, 6) is 0.0667. The van der Waals surface area contributed by atoms with Gasteiger partial charge in [-0.2, -0.15) is 10.4 Å². The van der Waals surface area contributed by atoms with Crippen LogP contribution in [0.25, 0.3) is 11.1 Å². The molecule has 1 aliphatic rings. The Labute approximate surface area is 184 Å². The van der Waals surface area contributed by atoms with E-state index in [0.717, 1.165) is 11.1 Å². The van der Waals surface area contributed by atoms with Gasteiger partial charge in [0, 0.05) is 49.7 Å². The first-order valence-electron chi connectivity index (χ1n) is 9.95. The lowest BCUT2D eigenvalue weighted by atomic mass is 10.1. The van der Waals surface area contributed by atoms with Crippen molar-refractivity contribution in [2.24, 2.45) is 7.05 Å². The van der Waals surface area contributed by atoms with Crippen LogP contribution in [0.1, 0.15) is 22.3 Å². The number of hydrogen-bond acceptors (Lipinski definition) is 7. The monoisotopic (exact) mass is 431 g/mol. The number of hydrogen-bond donors (Lipinski definition) is 2. The second-order valence-corrected chi connectivity index (χ2v) is 7.47. The number of amides is 2. The number of nitrogens with two attached hydrogens (primary N) is 1. The van der Waals surface area contributed by atoms with Gasteiger partial charge in [-0.3, -0.25) is 9.48 Å². The molecule has 4 rings (SSSR count). The lowest BCUT2D eigenvalue weighted by molar-refractivity contribution is 0.0937. The first-order chi connectivity index (χ1) is 15.4. The Kier molecular flexibility index (Phi) is 5.72. The highest BCUT2D eigenvalue weighted by Gasteiger charge is 2.29. The number of nitriles is 1. The summed E-state index contributed by atoms with van der Waals surface area (Å²) >= 11 is 0. The maximum Gasteiger partial charge on any atom is 0.415 e. The number of nitrogen functional groups attached to an aromatic ring is 1. The van der Waals surface area contributed by atoms with Gasteiger partial charge in [-0.05, 0) is 30.7 Å². The van der Waals surface area contributed by atoms with E-state index in [2.05, 4.69) is 15.4 Å². The van der Waals surface area contributed by atoms with E-state index < -0.39 is 6.09 Å². The standard InChI is InChI=1S/C22H21N7O3/c1-28-12-16(11-26-28)15-8-19(20(24)25-10-15)21(30)27-17-5-6-29(13-17)22(31)32-18-4-2-3-14(7-18)9-23/h2-4,7-8,10-12,17H,5-6,13H2,1H3,(H2,24,25)(H,27,30)/t17-/m1/s1. The van der Waals surface area contributed by atoms with Crippen LogP contribution in [0.3, 0.4) is 0 Å². The summed E-state index contributed by atoms with van der Waals surface area (Å²) in [6.45, 7) is 0.739. The molecule has 0 unspecified atom stereocenters. The normalized spacial score (nSPS) is 15.2. The molecule has 0 aliphatic carbocycles. The molecule has 0 radical (unpaired) electrons. The zero-order valence-electron chi connectivity index (χ0n) is 17.4. The summed E-state index contributed by atoms with van der Waals surface area (Å²) in [6, 6.07) is 9.81. The average molecular weight is 431 g/mol. The lowest BCUT2D eigenvalue weighted by Gasteiger charge is -2.17. The van der Waals surface area contributed by atoms with Gasteiger partial charge >= 0.3 is 6.09 Å². The molecule has 3 N–H and O–H groups in total. The van der Waals surface area contributed by atoms with Crippen molar-refractivity contribution in [1.82, 2.24) is 25.0 Å². The molecule has 0 bridgehead atoms. The van der Waals surface area contributed by atoms with Gasteiger partial charge in [-0.15, -0.1) is 0 Å². The van der Waals surface area contributed by atoms with Crippen LogP contribution in [0.5, 0.6) is 5.75 Å². The first kappa shape index (κ1) is 20.9. The lowest BCUT2D eigenvalue weighted by Crippen LogP contribution is -2.39. The van der Waals surface area contributed by atoms with Crippen molar-refractivity contribution in [3.05, 3.63) is 60.0 Å². The van der Waals surface area contributed by atoms with E-state index in [1.54, 1.807) is 48.4 Å². The van der Waals surface area contributed by atoms with Crippen LogP contribution in [0.4, 0.5) is 10.6 Å². The van der Waals surface area contributed by atoms with E-state index >= 15 is 0 Å². The molecule has 1 saturated heterocycles. The maximum atomic E-state index is 12.8. The van der Waals surface area contributed by atoms with Crippen LogP contribution >= 0.6 is 0 Å². The third-order valence-electron chi connectivity index (χ3n) is 5.15. The fourth-order valence-electron chi connectivity index (χ4n) is 3.49. The van der Waals surface area contributed by atoms with Crippen LogP contribution in [-0.4, -0.2) is 50.8 Å². The molecule has 0 spiro atoms. The van der Waals surface area contributed by atoms with E-state index in [-0.39, 0.29) is 23.3 Å². The molecular weight excluding hydrogens is 410 g/mol. The average Bonchev–Trinajstić information content (AvgIpc) is 3.43. The molecule has 10 heteroatoms. The molecule has 1 aromatic carbocycles. The minimum absolute atomic E-state index is 0.127. The molecule has 1 fully saturated rings. The Morgan fingerprint density at radius 3 is 2.88 bits per heavy atom. The molecule has 1 atom stereocenters. The van der Waals surface area contributed by atoms with E-state index in [9.17, 15) is 9.59 Å². The third kappa shape index (κ3) is 4.52. The van der Waals surface area contributed by atoms with Gasteiger partial charge in [-0.25, -0.2) is 9.78 Å². The van der Waals surface area contributed by atoms with E-state index in [1.807, 2.05) is 12.3 Å². The predicted molar refractivity (Wildman–Crippen MR) is 115 cm³/mol. The summed E-state index contributed by atoms with van der Waals surface area (Å²) in [5.41, 5.74) is 8.16. The van der Waals surface area contributed by atoms with Gasteiger partial charge in [0.25, 0.3) is 5.91 Å². The minimum atomic E-state index is -0.531. The number of aryl methyl sites for hydroxylation is 1. The molecular formula is C22H21N7O3. The van der Waals surface area contributed by atoms with Crippen molar-refractivity contribution in [2.45, 2.75) is 12.5 Å². The van der Waals surface area contributed by atoms with Crippen molar-refractivity contribution in [2.75, 3.05) is 18.8 Å². The molecule has 32 heavy (non-hydrogen) atoms. The summed E-state index contributed by atoms with van der Waals surface area (Å²) in [7, 11) is 1.80. The third-order valence-corrected chi connectivity index (χ3v) is 5.15. The quantitative estimate of drug-likeness (QED) is 0.643. The molecule has 3 aromatic rings. The molecule has 10 nitrogen and oxygen atoms in total. The smallest absolute Gasteiger partial charge is 0.410 e. The number of carbonyl (C=O) groups is 2. The predicted octanol–water partition coefficient (Wildman–Crippen LogP) is 1.94. The number of likely N-dealkylation sites (tertiary alicyclic amines) is 1. The van der Waals surface area contributed by atoms with Crippen LogP contribution in [0.2, 0.25) is 0 Å². The molecule has 2 amide bonds. The van der Waals surface area contributed by atoms with Gasteiger partial charge in [0.05, 0.1) is 23.4 Å². The highest BCUT2D eigenvalue weighted by molar-refractivity contribution is 5.99. The Balaban J connectivity index is 1.38. The number of pyridine rings is 1. The van der Waals surface area contributed by atoms with Gasteiger partial charge in [-0.1, -0.05) is 6.07 Å². The number of carbonyl (C=O) groups excluding carboxylic acids is 2. The van der Waals surface area contributed by atoms with Crippen LogP contribution < -0.4 is 15.8 Å². The first-order valence-corrected chi connectivity index (χ1v) is 9.95. The SMILES string of the molecule is Cn1cc(-c2cnc(N)c(C(=O)N[C@@H]3CCN(C(=O)Oc4cccc(C#N)c4)C3)c2)cn1. The van der Waals surface area contributed by atoms with Crippen LogP contribution in [0.15, 0.2) is 48.9 Å². The fraction of sp³-hybridized carbons (Fsp3) is 0.227. The van der Waals surface area contributed by atoms with E-state index in [1.165, 1.54) is 11.0 Å². The number of anilines is 1. The van der Waals surface area contributed by atoms with Crippen molar-refractivity contribution in [3.8, 4) is 22.9 Å². The zero-order chi connectivity index (χ0) is 22.7. The molecule has 162 valence electrons. The minimum Gasteiger partial charge on any atom is -0.410 e. The summed E-state index contributed by atoms with van der Waals surface area (Å²) < 4.78 is 7.01. The second-order valence-electron chi connectivity index (χ2n) is 7.47. The number of aromatic nitrogens is 3. The largest absolute Gasteiger partial charge is 0.415 e. The Bertz CT molecular complexity index is 1210. The molecule has 2 aromatic heterocycles. The summed E-state index contributed by atoms with van der Waals surface area (Å²) in [6.07, 6.45) is 5.15. The highest BCUT2D eigenvalue weighted by Crippen LogP contribution is 2.22. The Morgan fingerprint density at radius 2 is 2.12 bits per heavy atom. The van der Waals surface area contributed by atoms with Gasteiger partial charge in [0.1, 0.15) is 11.6 Å². The Hall–Kier alpha value is -4.39. The van der Waals surface area contributed by atoms with Crippen molar-refractivity contribution in [3.63, 3.8) is 0 Å². The van der Waals surface area contributed by atoms with E-state index in [0.29, 0.717) is 30.8 Å². The zero-order valence-corrected chi connectivity index (χ0v) is 17.4. The number of benzene rings is 1. The van der Waals surface area contributed by atoms with Gasteiger partial charge in [0.2, 0.25) is 0 Å². The van der Waals surface area contributed by atoms with E-state index in [4.69, 9.17) is 15.7 Å². The fourth-order valence-corrected chi connectivity index (χ4v) is 3.49. The highest BCUT2D eigenvalue weighted by atomic mass is 16.6. The molecule has 1 aliphatic heterocycles. The number of ether oxygens (including phenoxy) is 1. The summed E-state index contributed by atoms with van der Waals surface area (Å²) in [4.78, 5) is 30.9. The van der Waals surface area contributed by atoms with Crippen molar-refractivity contribution in [1.29, 1.82) is 5.26 Å². The molecule has 0 saturated carbocycles. The van der Waals surface area contributed by atoms with Crippen LogP contribution in [0, 0.1) is 11.3 Å². The number of nitrogens with zero attached hydrogens (tertiary/aromatic N) is 5. The van der Waals surface area contributed by atoms with Gasteiger partial charge < -0.3 is 20.7 Å². The number of nitrogens with one attached hydrogen (secondary N) is 1. The van der Waals surface area contributed by atoms with Crippen molar-refractivity contribution < 1.29 is 14.3 Å². The molecule has 3 heterocycles. The second kappa shape index (κ2) is 8.77. The topological polar surface area (TPSA) is 139 Å². The number of rotatable bonds is 4. The summed E-state index contributed by atoms with van der Waals surface area (Å²) in [5, 5.41) is 16.0. The van der Waals surface area contributed by atoms with Crippen LogP contribution in [-0.2, 0) is 7.05 Å². The van der Waals surface area contributed by atoms with Crippen molar-refractivity contribution >= 4 is 17.8 Å². The van der Waals surface area contributed by atoms with Gasteiger partial charge in [0.15, 0.2) is 0 Å². The maximum absolute atomic E-state index is 12.8.